The second-order valence-corrected chi connectivity index (χ2v) is 7.13. The van der Waals surface area contributed by atoms with Crippen molar-refractivity contribution in [3.63, 3.8) is 0 Å². The van der Waals surface area contributed by atoms with Gasteiger partial charge in [0.1, 0.15) is 5.76 Å². The molecule has 6 nitrogen and oxygen atoms in total. The number of aromatic nitrogens is 1. The first kappa shape index (κ1) is 18.5. The van der Waals surface area contributed by atoms with E-state index >= 15 is 0 Å². The minimum absolute atomic E-state index is 0.0421. The normalized spacial score (nSPS) is 14.4. The lowest BCUT2D eigenvalue weighted by Crippen LogP contribution is -2.39. The predicted octanol–water partition coefficient (Wildman–Crippen LogP) is 2.48. The first-order chi connectivity index (χ1) is 12.5. The number of hydrogen-bond acceptors (Lipinski definition) is 4. The van der Waals surface area contributed by atoms with Crippen LogP contribution in [0.25, 0.3) is 0 Å². The van der Waals surface area contributed by atoms with Crippen molar-refractivity contribution in [2.45, 2.75) is 33.2 Å². The van der Waals surface area contributed by atoms with Crippen LogP contribution in [-0.2, 0) is 11.3 Å². The van der Waals surface area contributed by atoms with Gasteiger partial charge in [-0.05, 0) is 51.9 Å². The molecule has 1 aliphatic heterocycles. The Balaban J connectivity index is 1.63. The number of likely N-dealkylation sites (N-methyl/N-ethyl adjacent to an activating group) is 1. The number of amides is 1. The van der Waals surface area contributed by atoms with Crippen molar-refractivity contribution in [1.29, 1.82) is 0 Å². The Morgan fingerprint density at radius 3 is 2.58 bits per heavy atom. The number of ketones is 1. The standard InChI is InChI=1S/C20H27N3O3/c1-15-11-18(16(2)23(15)12-17-7-6-10-26-17)19(24)13-21(3)14-20(25)22-8-4-5-9-22/h6-7,10-11H,4-5,8-9,12-14H2,1-3H3. The topological polar surface area (TPSA) is 58.7 Å². The number of aryl methyl sites for hydroxylation is 1. The molecule has 3 heterocycles. The third-order valence-electron chi connectivity index (χ3n) is 5.05. The highest BCUT2D eigenvalue weighted by Gasteiger charge is 2.22. The number of furan rings is 1. The molecule has 0 radical (unpaired) electrons. The molecule has 0 bridgehead atoms. The molecule has 140 valence electrons. The maximum absolute atomic E-state index is 12.7. The number of carbonyl (C=O) groups excluding carboxylic acids is 2. The van der Waals surface area contributed by atoms with Crippen molar-refractivity contribution < 1.29 is 14.0 Å². The molecule has 1 amide bonds. The molecule has 1 aliphatic rings. The van der Waals surface area contributed by atoms with E-state index in [0.29, 0.717) is 6.54 Å². The fourth-order valence-electron chi connectivity index (χ4n) is 3.57. The molecule has 3 rings (SSSR count). The highest BCUT2D eigenvalue weighted by atomic mass is 16.3. The van der Waals surface area contributed by atoms with E-state index in [9.17, 15) is 9.59 Å². The van der Waals surface area contributed by atoms with E-state index < -0.39 is 0 Å². The molecule has 26 heavy (non-hydrogen) atoms. The number of likely N-dealkylation sites (tertiary alicyclic amines) is 1. The fraction of sp³-hybridized carbons (Fsp3) is 0.500. The number of hydrogen-bond donors (Lipinski definition) is 0. The molecule has 0 N–H and O–H groups in total. The molecule has 2 aromatic heterocycles. The molecule has 0 unspecified atom stereocenters. The molecule has 1 fully saturated rings. The van der Waals surface area contributed by atoms with Gasteiger partial charge >= 0.3 is 0 Å². The number of rotatable bonds is 7. The second kappa shape index (κ2) is 7.91. The van der Waals surface area contributed by atoms with Crippen LogP contribution < -0.4 is 0 Å². The number of Topliss-reactive ketones (excluding diaryl/α,β-unsaturated/α-hetero) is 1. The van der Waals surface area contributed by atoms with Gasteiger partial charge in [0, 0.05) is 30.0 Å². The van der Waals surface area contributed by atoms with Crippen molar-refractivity contribution >= 4 is 11.7 Å². The van der Waals surface area contributed by atoms with E-state index in [1.807, 2.05) is 48.9 Å². The largest absolute Gasteiger partial charge is 0.467 e. The molecule has 1 saturated heterocycles. The SMILES string of the molecule is Cc1cc(C(=O)CN(C)CC(=O)N2CCCC2)c(C)n1Cc1ccco1. The monoisotopic (exact) mass is 357 g/mol. The van der Waals surface area contributed by atoms with E-state index in [1.165, 1.54) is 0 Å². The molecule has 0 saturated carbocycles. The lowest BCUT2D eigenvalue weighted by Gasteiger charge is -2.20. The minimum Gasteiger partial charge on any atom is -0.467 e. The molecule has 0 spiro atoms. The lowest BCUT2D eigenvalue weighted by atomic mass is 10.1. The van der Waals surface area contributed by atoms with E-state index in [4.69, 9.17) is 4.42 Å². The van der Waals surface area contributed by atoms with Crippen LogP contribution in [0.15, 0.2) is 28.9 Å². The maximum atomic E-state index is 12.7. The van der Waals surface area contributed by atoms with E-state index in [-0.39, 0.29) is 24.8 Å². The van der Waals surface area contributed by atoms with Gasteiger partial charge in [-0.15, -0.1) is 0 Å². The quantitative estimate of drug-likeness (QED) is 0.715. The van der Waals surface area contributed by atoms with Gasteiger partial charge in [-0.1, -0.05) is 0 Å². The number of carbonyl (C=O) groups is 2. The van der Waals surface area contributed by atoms with Crippen LogP contribution in [0.4, 0.5) is 0 Å². The fourth-order valence-corrected chi connectivity index (χ4v) is 3.57. The summed E-state index contributed by atoms with van der Waals surface area (Å²) in [6.07, 6.45) is 3.81. The smallest absolute Gasteiger partial charge is 0.236 e. The van der Waals surface area contributed by atoms with Gasteiger partial charge in [0.15, 0.2) is 5.78 Å². The third kappa shape index (κ3) is 4.07. The Morgan fingerprint density at radius 1 is 1.19 bits per heavy atom. The minimum atomic E-state index is 0.0421. The molecule has 0 aliphatic carbocycles. The average molecular weight is 357 g/mol. The van der Waals surface area contributed by atoms with Crippen molar-refractivity contribution in [1.82, 2.24) is 14.4 Å². The highest BCUT2D eigenvalue weighted by Crippen LogP contribution is 2.18. The van der Waals surface area contributed by atoms with Gasteiger partial charge in [-0.3, -0.25) is 14.5 Å². The third-order valence-corrected chi connectivity index (χ3v) is 5.05. The Labute approximate surface area is 154 Å². The highest BCUT2D eigenvalue weighted by molar-refractivity contribution is 5.99. The first-order valence-corrected chi connectivity index (χ1v) is 9.14. The van der Waals surface area contributed by atoms with Crippen molar-refractivity contribution in [2.24, 2.45) is 0 Å². The zero-order valence-corrected chi connectivity index (χ0v) is 15.8. The van der Waals surface area contributed by atoms with E-state index in [2.05, 4.69) is 4.57 Å². The summed E-state index contributed by atoms with van der Waals surface area (Å²) in [5.41, 5.74) is 2.68. The average Bonchev–Trinajstić information content (AvgIpc) is 3.33. The summed E-state index contributed by atoms with van der Waals surface area (Å²) in [6.45, 7) is 6.78. The van der Waals surface area contributed by atoms with Gasteiger partial charge in [-0.2, -0.15) is 0 Å². The van der Waals surface area contributed by atoms with Gasteiger partial charge in [-0.25, -0.2) is 0 Å². The van der Waals surface area contributed by atoms with E-state index in [0.717, 1.165) is 48.6 Å². The van der Waals surface area contributed by atoms with Crippen LogP contribution in [0.1, 0.15) is 40.3 Å². The Morgan fingerprint density at radius 2 is 1.92 bits per heavy atom. The van der Waals surface area contributed by atoms with Crippen LogP contribution >= 0.6 is 0 Å². The number of nitrogens with zero attached hydrogens (tertiary/aromatic N) is 3. The molecular formula is C20H27N3O3. The zero-order chi connectivity index (χ0) is 18.7. The van der Waals surface area contributed by atoms with Crippen LogP contribution in [0.2, 0.25) is 0 Å². The van der Waals surface area contributed by atoms with Crippen LogP contribution in [-0.4, -0.2) is 59.3 Å². The lowest BCUT2D eigenvalue weighted by molar-refractivity contribution is -0.130. The molecular weight excluding hydrogens is 330 g/mol. The summed E-state index contributed by atoms with van der Waals surface area (Å²) in [5.74, 6) is 1.01. The first-order valence-electron chi connectivity index (χ1n) is 9.14. The summed E-state index contributed by atoms with van der Waals surface area (Å²) >= 11 is 0. The predicted molar refractivity (Wildman–Crippen MR) is 99.4 cm³/mol. The Kier molecular flexibility index (Phi) is 5.61. The maximum Gasteiger partial charge on any atom is 0.236 e. The van der Waals surface area contributed by atoms with Crippen molar-refractivity contribution in [3.05, 3.63) is 47.2 Å². The van der Waals surface area contributed by atoms with Crippen molar-refractivity contribution in [2.75, 3.05) is 33.2 Å². The van der Waals surface area contributed by atoms with Crippen LogP contribution in [0.5, 0.6) is 0 Å². The Hall–Kier alpha value is -2.34. The summed E-state index contributed by atoms with van der Waals surface area (Å²) in [6, 6.07) is 5.72. The van der Waals surface area contributed by atoms with Crippen molar-refractivity contribution in [3.8, 4) is 0 Å². The van der Waals surface area contributed by atoms with Crippen LogP contribution in [0.3, 0.4) is 0 Å². The van der Waals surface area contributed by atoms with Gasteiger partial charge in [0.25, 0.3) is 0 Å². The summed E-state index contributed by atoms with van der Waals surface area (Å²) in [5, 5.41) is 0. The summed E-state index contributed by atoms with van der Waals surface area (Å²) < 4.78 is 7.50. The molecule has 0 aromatic carbocycles. The van der Waals surface area contributed by atoms with Gasteiger partial charge < -0.3 is 13.9 Å². The molecule has 2 aromatic rings. The zero-order valence-electron chi connectivity index (χ0n) is 15.8. The second-order valence-electron chi connectivity index (χ2n) is 7.13. The molecule has 0 atom stereocenters. The van der Waals surface area contributed by atoms with Crippen LogP contribution in [0, 0.1) is 13.8 Å². The summed E-state index contributed by atoms with van der Waals surface area (Å²) in [4.78, 5) is 28.7. The van der Waals surface area contributed by atoms with Gasteiger partial charge in [0.2, 0.25) is 5.91 Å². The van der Waals surface area contributed by atoms with Gasteiger partial charge in [0.05, 0.1) is 25.9 Å². The summed E-state index contributed by atoms with van der Waals surface area (Å²) in [7, 11) is 1.83. The Bertz CT molecular complexity index is 771. The van der Waals surface area contributed by atoms with E-state index in [1.54, 1.807) is 6.26 Å². The molecule has 6 heteroatoms.